The molecule has 1 atom stereocenters. The van der Waals surface area contributed by atoms with Crippen molar-refractivity contribution in [3.8, 4) is 0 Å². The van der Waals surface area contributed by atoms with Crippen LogP contribution >= 0.6 is 11.8 Å². The molecule has 0 saturated carbocycles. The van der Waals surface area contributed by atoms with E-state index in [0.717, 1.165) is 24.0 Å². The van der Waals surface area contributed by atoms with Crippen molar-refractivity contribution in [3.05, 3.63) is 35.9 Å². The van der Waals surface area contributed by atoms with Gasteiger partial charge in [-0.05, 0) is 33.3 Å². The third-order valence-electron chi connectivity index (χ3n) is 3.83. The normalized spacial score (nSPS) is 20.7. The first-order valence-corrected chi connectivity index (χ1v) is 8.81. The predicted molar refractivity (Wildman–Crippen MR) is 94.1 cm³/mol. The van der Waals surface area contributed by atoms with Crippen molar-refractivity contribution >= 4 is 16.9 Å². The van der Waals surface area contributed by atoms with Gasteiger partial charge in [0.25, 0.3) is 0 Å². The van der Waals surface area contributed by atoms with Gasteiger partial charge in [-0.2, -0.15) is 0 Å². The van der Waals surface area contributed by atoms with Crippen molar-refractivity contribution in [1.82, 2.24) is 10.2 Å². The average molecular weight is 305 g/mol. The molecular weight excluding hydrogens is 278 g/mol. The third kappa shape index (κ3) is 4.75. The topological polar surface area (TPSA) is 27.6 Å². The van der Waals surface area contributed by atoms with Crippen molar-refractivity contribution in [2.45, 2.75) is 45.8 Å². The van der Waals surface area contributed by atoms with E-state index in [2.05, 4.69) is 68.2 Å². The average Bonchev–Trinajstić information content (AvgIpc) is 2.92. The Bertz CT molecular complexity index is 448. The molecule has 0 aromatic heterocycles. The molecule has 0 radical (unpaired) electrons. The van der Waals surface area contributed by atoms with Crippen LogP contribution in [-0.4, -0.2) is 41.0 Å². The fourth-order valence-electron chi connectivity index (χ4n) is 2.73. The lowest BCUT2D eigenvalue weighted by Crippen LogP contribution is -2.38. The van der Waals surface area contributed by atoms with Crippen LogP contribution < -0.4 is 5.32 Å². The number of rotatable bonds is 6. The van der Waals surface area contributed by atoms with Gasteiger partial charge in [-0.25, -0.2) is 0 Å². The Morgan fingerprint density at radius 3 is 2.48 bits per heavy atom. The molecule has 0 bridgehead atoms. The van der Waals surface area contributed by atoms with Crippen LogP contribution in [0, 0.1) is 0 Å². The monoisotopic (exact) mass is 305 g/mol. The highest BCUT2D eigenvalue weighted by molar-refractivity contribution is 8.14. The molecule has 2 rings (SSSR count). The molecule has 1 fully saturated rings. The van der Waals surface area contributed by atoms with Crippen LogP contribution in [0.25, 0.3) is 0 Å². The van der Waals surface area contributed by atoms with Crippen LogP contribution in [0.15, 0.2) is 35.3 Å². The number of amidine groups is 1. The summed E-state index contributed by atoms with van der Waals surface area (Å²) in [6.45, 7) is 10.9. The second-order valence-corrected chi connectivity index (χ2v) is 7.04. The van der Waals surface area contributed by atoms with Gasteiger partial charge in [-0.15, -0.1) is 0 Å². The van der Waals surface area contributed by atoms with Crippen LogP contribution in [0.1, 0.15) is 39.3 Å². The molecule has 0 aliphatic carbocycles. The van der Waals surface area contributed by atoms with Crippen LogP contribution in [0.3, 0.4) is 0 Å². The van der Waals surface area contributed by atoms with Crippen molar-refractivity contribution in [2.75, 3.05) is 18.8 Å². The van der Waals surface area contributed by atoms with Gasteiger partial charge in [-0.3, -0.25) is 9.89 Å². The summed E-state index contributed by atoms with van der Waals surface area (Å²) in [5, 5.41) is 4.63. The maximum Gasteiger partial charge on any atom is 0.157 e. The molecule has 1 aliphatic rings. The summed E-state index contributed by atoms with van der Waals surface area (Å²) >= 11 is 1.83. The van der Waals surface area contributed by atoms with Gasteiger partial charge in [-0.1, -0.05) is 42.1 Å². The van der Waals surface area contributed by atoms with Gasteiger partial charge < -0.3 is 5.32 Å². The molecule has 3 nitrogen and oxygen atoms in total. The van der Waals surface area contributed by atoms with Gasteiger partial charge >= 0.3 is 0 Å². The fraction of sp³-hybridized carbons (Fsp3) is 0.588. The maximum absolute atomic E-state index is 4.73. The lowest BCUT2D eigenvalue weighted by molar-refractivity contribution is 0.181. The molecule has 1 heterocycles. The van der Waals surface area contributed by atoms with Crippen molar-refractivity contribution in [3.63, 3.8) is 0 Å². The molecule has 1 unspecified atom stereocenters. The van der Waals surface area contributed by atoms with Gasteiger partial charge in [0.15, 0.2) is 5.17 Å². The zero-order valence-corrected chi connectivity index (χ0v) is 14.4. The summed E-state index contributed by atoms with van der Waals surface area (Å²) in [6.07, 6.45) is 0. The maximum atomic E-state index is 4.73. The Morgan fingerprint density at radius 1 is 1.19 bits per heavy atom. The van der Waals surface area contributed by atoms with E-state index in [4.69, 9.17) is 4.99 Å². The Labute approximate surface area is 133 Å². The van der Waals surface area contributed by atoms with Crippen molar-refractivity contribution in [2.24, 2.45) is 4.99 Å². The SMILES string of the molecule is CC(C)N(CCN=C1NC(c2ccccc2)CS1)C(C)C. The lowest BCUT2D eigenvalue weighted by atomic mass is 10.1. The Balaban J connectivity index is 1.84. The molecule has 1 aromatic carbocycles. The molecule has 1 saturated heterocycles. The number of nitrogens with one attached hydrogen (secondary N) is 1. The van der Waals surface area contributed by atoms with Crippen LogP contribution in [-0.2, 0) is 0 Å². The van der Waals surface area contributed by atoms with E-state index < -0.39 is 0 Å². The van der Waals surface area contributed by atoms with E-state index in [1.807, 2.05) is 11.8 Å². The number of aliphatic imine (C=N–C) groups is 1. The summed E-state index contributed by atoms with van der Waals surface area (Å²) in [6, 6.07) is 12.2. The van der Waals surface area contributed by atoms with Crippen LogP contribution in [0.5, 0.6) is 0 Å². The predicted octanol–water partition coefficient (Wildman–Crippen LogP) is 3.54. The summed E-state index contributed by atoms with van der Waals surface area (Å²) < 4.78 is 0. The highest BCUT2D eigenvalue weighted by Gasteiger charge is 2.21. The number of hydrogen-bond donors (Lipinski definition) is 1. The minimum atomic E-state index is 0.404. The lowest BCUT2D eigenvalue weighted by Gasteiger charge is -2.29. The first-order chi connectivity index (χ1) is 10.1. The quantitative estimate of drug-likeness (QED) is 0.871. The van der Waals surface area contributed by atoms with E-state index in [9.17, 15) is 0 Å². The molecule has 1 aromatic rings. The van der Waals surface area contributed by atoms with E-state index in [0.29, 0.717) is 18.1 Å². The van der Waals surface area contributed by atoms with Gasteiger partial charge in [0.1, 0.15) is 0 Å². The standard InChI is InChI=1S/C17H27N3S/c1-13(2)20(14(3)4)11-10-18-17-19-16(12-21-17)15-8-6-5-7-9-15/h5-9,13-14,16H,10-12H2,1-4H3,(H,18,19). The van der Waals surface area contributed by atoms with Crippen molar-refractivity contribution < 1.29 is 0 Å². The smallest absolute Gasteiger partial charge is 0.157 e. The zero-order valence-electron chi connectivity index (χ0n) is 13.5. The van der Waals surface area contributed by atoms with Crippen molar-refractivity contribution in [1.29, 1.82) is 0 Å². The summed E-state index contributed by atoms with van der Waals surface area (Å²) in [5.41, 5.74) is 1.35. The van der Waals surface area contributed by atoms with Crippen LogP contribution in [0.2, 0.25) is 0 Å². The second-order valence-electron chi connectivity index (χ2n) is 6.03. The van der Waals surface area contributed by atoms with Gasteiger partial charge in [0, 0.05) is 24.4 Å². The molecule has 1 N–H and O–H groups in total. The highest BCUT2D eigenvalue weighted by atomic mass is 32.2. The van der Waals surface area contributed by atoms with Gasteiger partial charge in [0.05, 0.1) is 12.6 Å². The summed E-state index contributed by atoms with van der Waals surface area (Å²) in [5.74, 6) is 1.07. The molecule has 116 valence electrons. The fourth-order valence-corrected chi connectivity index (χ4v) is 3.74. The number of benzene rings is 1. The molecule has 0 spiro atoms. The molecular formula is C17H27N3S. The number of hydrogen-bond acceptors (Lipinski definition) is 3. The molecule has 0 amide bonds. The first-order valence-electron chi connectivity index (χ1n) is 7.82. The third-order valence-corrected chi connectivity index (χ3v) is 4.85. The largest absolute Gasteiger partial charge is 0.357 e. The number of thioether (sulfide) groups is 1. The molecule has 4 heteroatoms. The molecule has 21 heavy (non-hydrogen) atoms. The Hall–Kier alpha value is -1.00. The van der Waals surface area contributed by atoms with E-state index in [1.54, 1.807) is 0 Å². The summed E-state index contributed by atoms with van der Waals surface area (Å²) in [4.78, 5) is 7.21. The van der Waals surface area contributed by atoms with Gasteiger partial charge in [0.2, 0.25) is 0 Å². The minimum Gasteiger partial charge on any atom is -0.357 e. The van der Waals surface area contributed by atoms with E-state index in [1.165, 1.54) is 5.56 Å². The van der Waals surface area contributed by atoms with E-state index >= 15 is 0 Å². The zero-order chi connectivity index (χ0) is 15.2. The molecule has 1 aliphatic heterocycles. The summed E-state index contributed by atoms with van der Waals surface area (Å²) in [7, 11) is 0. The minimum absolute atomic E-state index is 0.404. The number of nitrogens with zero attached hydrogens (tertiary/aromatic N) is 2. The Morgan fingerprint density at radius 2 is 1.86 bits per heavy atom. The van der Waals surface area contributed by atoms with Crippen LogP contribution in [0.4, 0.5) is 0 Å². The Kier molecular flexibility index (Phi) is 6.12. The second kappa shape index (κ2) is 7.85. The highest BCUT2D eigenvalue weighted by Crippen LogP contribution is 2.25. The van der Waals surface area contributed by atoms with E-state index in [-0.39, 0.29) is 0 Å². The first kappa shape index (κ1) is 16.4.